The molecule has 4 rings (SSSR count). The molecule has 0 spiro atoms. The van der Waals surface area contributed by atoms with Gasteiger partial charge in [0.2, 0.25) is 0 Å². The van der Waals surface area contributed by atoms with Gasteiger partial charge in [-0.15, -0.1) is 0 Å². The average molecular weight is 399 g/mol. The van der Waals surface area contributed by atoms with E-state index >= 15 is 0 Å². The molecular weight excluding hydrogens is 372 g/mol. The van der Waals surface area contributed by atoms with Crippen molar-refractivity contribution in [1.29, 1.82) is 0 Å². The van der Waals surface area contributed by atoms with Crippen LogP contribution >= 0.6 is 11.6 Å². The van der Waals surface area contributed by atoms with E-state index in [-0.39, 0.29) is 5.91 Å². The zero-order valence-corrected chi connectivity index (χ0v) is 16.7. The van der Waals surface area contributed by atoms with Crippen LogP contribution in [-0.4, -0.2) is 30.0 Å². The molecule has 1 atom stereocenters. The van der Waals surface area contributed by atoms with E-state index in [9.17, 15) is 4.79 Å². The van der Waals surface area contributed by atoms with Crippen LogP contribution in [0, 0.1) is 11.8 Å². The van der Waals surface area contributed by atoms with Crippen LogP contribution in [-0.2, 0) is 0 Å². The van der Waals surface area contributed by atoms with E-state index in [1.807, 2.05) is 24.3 Å². The fraction of sp³-hybridized carbons (Fsp3) is 0.455. The van der Waals surface area contributed by atoms with Crippen molar-refractivity contribution in [3.8, 4) is 0 Å². The highest BCUT2D eigenvalue weighted by molar-refractivity contribution is 6.30. The molecule has 2 heterocycles. The van der Waals surface area contributed by atoms with Crippen LogP contribution < -0.4 is 16.0 Å². The lowest BCUT2D eigenvalue weighted by molar-refractivity contribution is 0.102. The third-order valence-corrected chi connectivity index (χ3v) is 6.24. The smallest absolute Gasteiger partial charge is 0.258 e. The molecule has 1 aliphatic carbocycles. The Morgan fingerprint density at radius 2 is 1.82 bits per heavy atom. The minimum atomic E-state index is -0.157. The summed E-state index contributed by atoms with van der Waals surface area (Å²) in [6.45, 7) is 2.17. The summed E-state index contributed by atoms with van der Waals surface area (Å²) in [4.78, 5) is 17.1. The van der Waals surface area contributed by atoms with Gasteiger partial charge in [0, 0.05) is 17.9 Å². The van der Waals surface area contributed by atoms with Crippen molar-refractivity contribution in [1.82, 2.24) is 10.3 Å². The van der Waals surface area contributed by atoms with Crippen molar-refractivity contribution < 1.29 is 4.79 Å². The fourth-order valence-electron chi connectivity index (χ4n) is 4.24. The number of hydrogen-bond acceptors (Lipinski definition) is 4. The number of para-hydroxylation sites is 1. The molecule has 28 heavy (non-hydrogen) atoms. The van der Waals surface area contributed by atoms with Crippen LogP contribution in [0.5, 0.6) is 0 Å². The number of aromatic nitrogens is 1. The number of piperidine rings is 1. The maximum Gasteiger partial charge on any atom is 0.258 e. The van der Waals surface area contributed by atoms with Gasteiger partial charge >= 0.3 is 0 Å². The molecule has 1 unspecified atom stereocenters. The minimum absolute atomic E-state index is 0.157. The second-order valence-electron chi connectivity index (χ2n) is 7.81. The van der Waals surface area contributed by atoms with Gasteiger partial charge in [0.25, 0.3) is 5.91 Å². The number of hydrogen-bond donors (Lipinski definition) is 3. The van der Waals surface area contributed by atoms with Crippen molar-refractivity contribution in [3.05, 3.63) is 53.2 Å². The fourth-order valence-corrected chi connectivity index (χ4v) is 4.35. The van der Waals surface area contributed by atoms with E-state index in [2.05, 4.69) is 20.9 Å². The lowest BCUT2D eigenvalue weighted by Crippen LogP contribution is -2.44. The molecule has 2 aliphatic rings. The van der Waals surface area contributed by atoms with Gasteiger partial charge in [-0.2, -0.15) is 0 Å². The maximum atomic E-state index is 12.9. The number of carbonyl (C=O) groups is 1. The highest BCUT2D eigenvalue weighted by Gasteiger charge is 2.34. The molecule has 0 radical (unpaired) electrons. The molecule has 6 heteroatoms. The summed E-state index contributed by atoms with van der Waals surface area (Å²) in [5, 5.41) is 10.6. The summed E-state index contributed by atoms with van der Waals surface area (Å²) in [6.07, 6.45) is 7.80. The topological polar surface area (TPSA) is 66.0 Å². The zero-order valence-electron chi connectivity index (χ0n) is 16.0. The third kappa shape index (κ3) is 4.47. The first-order chi connectivity index (χ1) is 13.7. The number of amides is 1. The first kappa shape index (κ1) is 19.2. The van der Waals surface area contributed by atoms with Crippen LogP contribution in [0.15, 0.2) is 42.6 Å². The van der Waals surface area contributed by atoms with Crippen LogP contribution in [0.25, 0.3) is 0 Å². The predicted molar refractivity (Wildman–Crippen MR) is 114 cm³/mol. The Morgan fingerprint density at radius 1 is 1.07 bits per heavy atom. The van der Waals surface area contributed by atoms with E-state index in [1.165, 1.54) is 38.3 Å². The number of nitrogens with one attached hydrogen (secondary N) is 3. The standard InChI is InChI=1S/C22H27ClN4O/c23-17-8-9-20(25-14-17)27-22(28)18-6-1-2-7-19(18)26-21(15-4-3-5-15)16-10-12-24-13-11-16/h1-2,6-9,14-16,21,24,26H,3-5,10-13H2,(H,25,27,28). The van der Waals surface area contributed by atoms with Crippen molar-refractivity contribution in [2.24, 2.45) is 11.8 Å². The Morgan fingerprint density at radius 3 is 2.50 bits per heavy atom. The van der Waals surface area contributed by atoms with Crippen molar-refractivity contribution >= 4 is 29.0 Å². The molecule has 2 aromatic rings. The van der Waals surface area contributed by atoms with Crippen LogP contribution in [0.3, 0.4) is 0 Å². The van der Waals surface area contributed by atoms with E-state index in [1.54, 1.807) is 12.1 Å². The summed E-state index contributed by atoms with van der Waals surface area (Å²) in [5.41, 5.74) is 1.56. The quantitative estimate of drug-likeness (QED) is 0.667. The van der Waals surface area contributed by atoms with Gasteiger partial charge < -0.3 is 16.0 Å². The molecule has 1 saturated carbocycles. The molecule has 1 aromatic heterocycles. The first-order valence-corrected chi connectivity index (χ1v) is 10.6. The number of benzene rings is 1. The molecular formula is C22H27ClN4O. The molecule has 1 aromatic carbocycles. The van der Waals surface area contributed by atoms with E-state index in [0.717, 1.165) is 18.8 Å². The summed E-state index contributed by atoms with van der Waals surface area (Å²) in [5.74, 6) is 1.70. The highest BCUT2D eigenvalue weighted by atomic mass is 35.5. The summed E-state index contributed by atoms with van der Waals surface area (Å²) < 4.78 is 0. The zero-order chi connectivity index (χ0) is 19.3. The number of nitrogens with zero attached hydrogens (tertiary/aromatic N) is 1. The molecule has 1 saturated heterocycles. The Labute approximate surface area is 171 Å². The van der Waals surface area contributed by atoms with Crippen molar-refractivity contribution in [3.63, 3.8) is 0 Å². The second-order valence-corrected chi connectivity index (χ2v) is 8.25. The van der Waals surface area contributed by atoms with Gasteiger partial charge in [-0.05, 0) is 74.9 Å². The second kappa shape index (κ2) is 8.93. The number of halogens is 1. The van der Waals surface area contributed by atoms with Crippen molar-refractivity contribution in [2.45, 2.75) is 38.1 Å². The van der Waals surface area contributed by atoms with Crippen LogP contribution in [0.1, 0.15) is 42.5 Å². The molecule has 5 nitrogen and oxygen atoms in total. The lowest BCUT2D eigenvalue weighted by Gasteiger charge is -2.41. The first-order valence-electron chi connectivity index (χ1n) is 10.2. The normalized spacial score (nSPS) is 18.9. The SMILES string of the molecule is O=C(Nc1ccc(Cl)cn1)c1ccccc1NC(C1CCC1)C1CCNCC1. The maximum absolute atomic E-state index is 12.9. The average Bonchev–Trinajstić information content (AvgIpc) is 2.69. The molecule has 1 aliphatic heterocycles. The van der Waals surface area contributed by atoms with Crippen LogP contribution in [0.4, 0.5) is 11.5 Å². The number of anilines is 2. The van der Waals surface area contributed by atoms with Gasteiger partial charge in [-0.25, -0.2) is 4.98 Å². The highest BCUT2D eigenvalue weighted by Crippen LogP contribution is 2.37. The molecule has 3 N–H and O–H groups in total. The van der Waals surface area contributed by atoms with Gasteiger partial charge in [0.15, 0.2) is 0 Å². The Kier molecular flexibility index (Phi) is 6.13. The summed E-state index contributed by atoms with van der Waals surface area (Å²) in [7, 11) is 0. The lowest BCUT2D eigenvalue weighted by atomic mass is 9.72. The predicted octanol–water partition coefficient (Wildman–Crippen LogP) is 4.57. The van der Waals surface area contributed by atoms with Crippen molar-refractivity contribution in [2.75, 3.05) is 23.7 Å². The van der Waals surface area contributed by atoms with E-state index in [4.69, 9.17) is 11.6 Å². The minimum Gasteiger partial charge on any atom is -0.381 e. The number of pyridine rings is 1. The Bertz CT molecular complexity index is 800. The summed E-state index contributed by atoms with van der Waals surface area (Å²) >= 11 is 5.88. The third-order valence-electron chi connectivity index (χ3n) is 6.01. The van der Waals surface area contributed by atoms with E-state index < -0.39 is 0 Å². The largest absolute Gasteiger partial charge is 0.381 e. The van der Waals surface area contributed by atoms with Gasteiger partial charge in [-0.1, -0.05) is 30.2 Å². The number of rotatable bonds is 6. The van der Waals surface area contributed by atoms with E-state index in [0.29, 0.717) is 34.3 Å². The van der Waals surface area contributed by atoms with Gasteiger partial charge in [-0.3, -0.25) is 4.79 Å². The molecule has 2 fully saturated rings. The monoisotopic (exact) mass is 398 g/mol. The van der Waals surface area contributed by atoms with Gasteiger partial charge in [0.1, 0.15) is 5.82 Å². The summed E-state index contributed by atoms with van der Waals surface area (Å²) in [6, 6.07) is 11.6. The molecule has 148 valence electrons. The van der Waals surface area contributed by atoms with Gasteiger partial charge in [0.05, 0.1) is 10.6 Å². The molecule has 0 bridgehead atoms. The Hall–Kier alpha value is -2.11. The van der Waals surface area contributed by atoms with Crippen LogP contribution in [0.2, 0.25) is 5.02 Å². The number of carbonyl (C=O) groups excluding carboxylic acids is 1. The molecule has 1 amide bonds. The Balaban J connectivity index is 1.52.